The Morgan fingerprint density at radius 2 is 1.79 bits per heavy atom. The highest BCUT2D eigenvalue weighted by Gasteiger charge is 2.36. The van der Waals surface area contributed by atoms with Crippen molar-refractivity contribution in [1.29, 1.82) is 0 Å². The zero-order valence-electron chi connectivity index (χ0n) is 26.0. The summed E-state index contributed by atoms with van der Waals surface area (Å²) in [5, 5.41) is 2.82. The molecule has 4 rings (SSSR count). The van der Waals surface area contributed by atoms with E-state index in [1.807, 2.05) is 32.0 Å². The van der Waals surface area contributed by atoms with E-state index in [1.165, 1.54) is 18.2 Å². The Bertz CT molecular complexity index is 1690. The molecular formula is C35H34Cl2N2O7S. The average Bonchev–Trinajstić information content (AvgIpc) is 3.29. The maximum Gasteiger partial charge on any atom is 0.339 e. The van der Waals surface area contributed by atoms with Gasteiger partial charge in [0.15, 0.2) is 11.5 Å². The minimum absolute atomic E-state index is 0.0957. The minimum atomic E-state index is -0.629. The number of carbonyl (C=O) groups excluding carboxylic acids is 4. The van der Waals surface area contributed by atoms with Gasteiger partial charge in [-0.1, -0.05) is 54.8 Å². The Kier molecular flexibility index (Phi) is 12.9. The molecule has 3 amide bonds. The second-order valence-corrected chi connectivity index (χ2v) is 12.2. The van der Waals surface area contributed by atoms with E-state index in [0.717, 1.165) is 34.2 Å². The van der Waals surface area contributed by atoms with Gasteiger partial charge in [-0.2, -0.15) is 0 Å². The molecule has 3 aromatic carbocycles. The van der Waals surface area contributed by atoms with Crippen LogP contribution in [0.15, 0.2) is 72.2 Å². The van der Waals surface area contributed by atoms with Gasteiger partial charge in [-0.15, -0.1) is 6.58 Å². The van der Waals surface area contributed by atoms with Crippen molar-refractivity contribution in [1.82, 2.24) is 4.90 Å². The fourth-order valence-electron chi connectivity index (χ4n) is 4.51. The zero-order valence-corrected chi connectivity index (χ0v) is 28.3. The van der Waals surface area contributed by atoms with Crippen LogP contribution in [0.4, 0.5) is 10.5 Å². The summed E-state index contributed by atoms with van der Waals surface area (Å²) in [5.74, 6) is -0.834. The Morgan fingerprint density at radius 3 is 2.49 bits per heavy atom. The molecule has 246 valence electrons. The third kappa shape index (κ3) is 9.63. The van der Waals surface area contributed by atoms with Crippen molar-refractivity contribution in [2.45, 2.75) is 39.7 Å². The van der Waals surface area contributed by atoms with E-state index in [2.05, 4.69) is 11.9 Å². The van der Waals surface area contributed by atoms with Gasteiger partial charge in [-0.05, 0) is 91.2 Å². The Morgan fingerprint density at radius 1 is 1.02 bits per heavy atom. The summed E-state index contributed by atoms with van der Waals surface area (Å²) in [6.45, 7) is 8.05. The summed E-state index contributed by atoms with van der Waals surface area (Å²) in [6.07, 6.45) is 5.34. The van der Waals surface area contributed by atoms with Crippen LogP contribution in [0.1, 0.15) is 53.7 Å². The monoisotopic (exact) mass is 696 g/mol. The second kappa shape index (κ2) is 17.1. The van der Waals surface area contributed by atoms with E-state index < -0.39 is 29.6 Å². The van der Waals surface area contributed by atoms with Crippen LogP contribution in [0.2, 0.25) is 10.0 Å². The maximum absolute atomic E-state index is 13.3. The van der Waals surface area contributed by atoms with E-state index in [9.17, 15) is 19.2 Å². The smallest absolute Gasteiger partial charge is 0.339 e. The number of halogens is 2. The molecule has 1 aliphatic heterocycles. The van der Waals surface area contributed by atoms with E-state index in [1.54, 1.807) is 30.4 Å². The summed E-state index contributed by atoms with van der Waals surface area (Å²) in [4.78, 5) is 52.4. The highest BCUT2D eigenvalue weighted by Crippen LogP contribution is 2.38. The Balaban J connectivity index is 1.49. The van der Waals surface area contributed by atoms with Gasteiger partial charge in [0, 0.05) is 16.3 Å². The van der Waals surface area contributed by atoms with Crippen LogP contribution in [0.25, 0.3) is 6.08 Å². The van der Waals surface area contributed by atoms with Crippen molar-refractivity contribution in [2.24, 2.45) is 0 Å². The van der Waals surface area contributed by atoms with Crippen molar-refractivity contribution in [2.75, 3.05) is 25.1 Å². The first kappa shape index (κ1) is 35.6. The first-order valence-corrected chi connectivity index (χ1v) is 16.5. The lowest BCUT2D eigenvalue weighted by Crippen LogP contribution is -2.36. The van der Waals surface area contributed by atoms with Gasteiger partial charge >= 0.3 is 5.97 Å². The fourth-order valence-corrected chi connectivity index (χ4v) is 5.67. The number of anilines is 1. The van der Waals surface area contributed by atoms with Gasteiger partial charge in [0.1, 0.15) is 13.2 Å². The summed E-state index contributed by atoms with van der Waals surface area (Å²) < 4.78 is 17.3. The number of allylic oxidation sites excluding steroid dienone is 1. The van der Waals surface area contributed by atoms with Crippen molar-refractivity contribution in [3.05, 3.63) is 104 Å². The number of unbranched alkanes of at least 4 members (excludes halogenated alkanes) is 1. The number of amides is 3. The van der Waals surface area contributed by atoms with Gasteiger partial charge in [0.25, 0.3) is 11.1 Å². The predicted molar refractivity (Wildman–Crippen MR) is 185 cm³/mol. The lowest BCUT2D eigenvalue weighted by molar-refractivity contribution is -0.127. The summed E-state index contributed by atoms with van der Waals surface area (Å²) in [6, 6.07) is 15.3. The molecule has 1 heterocycles. The van der Waals surface area contributed by atoms with Crippen LogP contribution in [0, 0.1) is 0 Å². The molecule has 0 saturated carbocycles. The molecular weight excluding hydrogens is 663 g/mol. The van der Waals surface area contributed by atoms with E-state index in [-0.39, 0.29) is 34.4 Å². The highest BCUT2D eigenvalue weighted by atomic mass is 35.5. The number of thioether (sulfide) groups is 1. The first-order chi connectivity index (χ1) is 22.6. The number of nitrogens with one attached hydrogen (secondary N) is 1. The van der Waals surface area contributed by atoms with Crippen LogP contribution >= 0.6 is 35.0 Å². The second-order valence-electron chi connectivity index (χ2n) is 10.3. The lowest BCUT2D eigenvalue weighted by Gasteiger charge is -2.17. The largest absolute Gasteiger partial charge is 0.490 e. The molecule has 0 atom stereocenters. The fraction of sp³-hybridized carbons (Fsp3) is 0.257. The number of benzene rings is 3. The molecule has 47 heavy (non-hydrogen) atoms. The zero-order chi connectivity index (χ0) is 33.9. The number of carbonyl (C=O) groups is 4. The Hall–Kier alpha value is -4.25. The average molecular weight is 698 g/mol. The molecule has 1 fully saturated rings. The molecule has 0 bridgehead atoms. The lowest BCUT2D eigenvalue weighted by atomic mass is 10.0. The summed E-state index contributed by atoms with van der Waals surface area (Å²) in [5.41, 5.74) is 2.67. The van der Waals surface area contributed by atoms with Gasteiger partial charge in [0.2, 0.25) is 5.91 Å². The number of nitrogens with zero attached hydrogens (tertiary/aromatic N) is 1. The summed E-state index contributed by atoms with van der Waals surface area (Å²) in [7, 11) is 0. The maximum atomic E-state index is 13.3. The first-order valence-electron chi connectivity index (χ1n) is 14.9. The minimum Gasteiger partial charge on any atom is -0.490 e. The predicted octanol–water partition coefficient (Wildman–Crippen LogP) is 8.33. The normalized spacial score (nSPS) is 13.5. The number of ether oxygens (including phenoxy) is 3. The van der Waals surface area contributed by atoms with Crippen LogP contribution < -0.4 is 14.8 Å². The molecule has 0 radical (unpaired) electrons. The number of hydrogen-bond donors (Lipinski definition) is 1. The standard InChI is InChI=1S/C35H34Cl2N2O7S/c1-4-7-15-45-34(42)27-19-26(13-14-28(27)37)38-31(40)20-39-33(41)30(47-35(39)43)18-23-16-24(8-5-2)32(29(17-23)44-6-3)46-21-22-9-11-25(36)12-10-22/h5,9-14,16-19H,2,4,6-8,15,20-21H2,1,3H3,(H,38,40)/b30-18-. The topological polar surface area (TPSA) is 111 Å². The molecule has 0 spiro atoms. The number of esters is 1. The number of imide groups is 1. The highest BCUT2D eigenvalue weighted by molar-refractivity contribution is 8.18. The van der Waals surface area contributed by atoms with Crippen molar-refractivity contribution < 1.29 is 33.4 Å². The SMILES string of the molecule is C=CCc1cc(/C=C2\SC(=O)N(CC(=O)Nc3ccc(Cl)c(C(=O)OCCCC)c3)C2=O)cc(OCC)c1OCc1ccc(Cl)cc1. The molecule has 1 saturated heterocycles. The molecule has 0 aromatic heterocycles. The van der Waals surface area contributed by atoms with E-state index in [4.69, 9.17) is 37.4 Å². The molecule has 12 heteroatoms. The Labute approximate surface area is 287 Å². The van der Waals surface area contributed by atoms with E-state index in [0.29, 0.717) is 41.5 Å². The number of hydrogen-bond acceptors (Lipinski definition) is 8. The molecule has 0 aliphatic carbocycles. The quantitative estimate of drug-likeness (QED) is 0.0731. The molecule has 3 aromatic rings. The molecule has 1 N–H and O–H groups in total. The molecule has 0 unspecified atom stereocenters. The summed E-state index contributed by atoms with van der Waals surface area (Å²) >= 11 is 12.9. The van der Waals surface area contributed by atoms with Gasteiger partial charge in [-0.3, -0.25) is 19.3 Å². The van der Waals surface area contributed by atoms with Crippen molar-refractivity contribution >= 4 is 69.8 Å². The van der Waals surface area contributed by atoms with Gasteiger partial charge in [-0.25, -0.2) is 4.79 Å². The third-order valence-electron chi connectivity index (χ3n) is 6.79. The van der Waals surface area contributed by atoms with Gasteiger partial charge < -0.3 is 19.5 Å². The van der Waals surface area contributed by atoms with Crippen LogP contribution in [0.5, 0.6) is 11.5 Å². The van der Waals surface area contributed by atoms with Crippen LogP contribution in [-0.4, -0.2) is 47.7 Å². The van der Waals surface area contributed by atoms with Gasteiger partial charge in [0.05, 0.1) is 28.7 Å². The van der Waals surface area contributed by atoms with E-state index >= 15 is 0 Å². The van der Waals surface area contributed by atoms with Crippen molar-refractivity contribution in [3.63, 3.8) is 0 Å². The van der Waals surface area contributed by atoms with Crippen LogP contribution in [0.3, 0.4) is 0 Å². The molecule has 1 aliphatic rings. The van der Waals surface area contributed by atoms with Crippen molar-refractivity contribution in [3.8, 4) is 11.5 Å². The molecule has 9 nitrogen and oxygen atoms in total. The third-order valence-corrected chi connectivity index (χ3v) is 8.28. The number of rotatable bonds is 15. The van der Waals surface area contributed by atoms with Crippen LogP contribution in [-0.2, 0) is 27.4 Å².